The maximum absolute atomic E-state index is 13.1. The Morgan fingerprint density at radius 3 is 2.18 bits per heavy atom. The molecule has 5 heteroatoms. The third-order valence-electron chi connectivity index (χ3n) is 6.28. The third kappa shape index (κ3) is 6.04. The fourth-order valence-electron chi connectivity index (χ4n) is 4.53. The third-order valence-corrected chi connectivity index (χ3v) is 6.28. The van der Waals surface area contributed by atoms with Gasteiger partial charge < -0.3 is 15.5 Å². The molecule has 1 saturated heterocycles. The number of carbonyl (C=O) groups is 2. The van der Waals surface area contributed by atoms with Crippen LogP contribution in [0.15, 0.2) is 78.9 Å². The summed E-state index contributed by atoms with van der Waals surface area (Å²) in [5.41, 5.74) is 4.11. The van der Waals surface area contributed by atoms with Crippen molar-refractivity contribution < 1.29 is 9.59 Å². The summed E-state index contributed by atoms with van der Waals surface area (Å²) in [4.78, 5) is 28.0. The van der Waals surface area contributed by atoms with Crippen LogP contribution < -0.4 is 15.5 Å². The van der Waals surface area contributed by atoms with Gasteiger partial charge in [-0.25, -0.2) is 0 Å². The second kappa shape index (κ2) is 11.0. The van der Waals surface area contributed by atoms with E-state index in [2.05, 4.69) is 45.9 Å². The number of piperidine rings is 1. The van der Waals surface area contributed by atoms with E-state index < -0.39 is 0 Å². The number of hydrogen-bond donors (Lipinski definition) is 2. The molecule has 1 fully saturated rings. The summed E-state index contributed by atoms with van der Waals surface area (Å²) in [6.45, 7) is 5.73. The SMILES string of the molecule is CC(C)NC(=O)c1cc(NC(=O)c2ccccc2)ccc1N1CCC(Cc2ccccc2)CC1. The lowest BCUT2D eigenvalue weighted by Crippen LogP contribution is -2.37. The van der Waals surface area contributed by atoms with E-state index in [4.69, 9.17) is 0 Å². The van der Waals surface area contributed by atoms with Crippen molar-refractivity contribution in [2.75, 3.05) is 23.3 Å². The number of nitrogens with zero attached hydrogens (tertiary/aromatic N) is 1. The zero-order chi connectivity index (χ0) is 23.9. The smallest absolute Gasteiger partial charge is 0.255 e. The minimum Gasteiger partial charge on any atom is -0.371 e. The van der Waals surface area contributed by atoms with Gasteiger partial charge in [0.15, 0.2) is 0 Å². The predicted molar refractivity (Wildman–Crippen MR) is 139 cm³/mol. The lowest BCUT2D eigenvalue weighted by Gasteiger charge is -2.35. The Balaban J connectivity index is 1.49. The number of carbonyl (C=O) groups excluding carboxylic acids is 2. The Morgan fingerprint density at radius 1 is 0.882 bits per heavy atom. The van der Waals surface area contributed by atoms with Crippen molar-refractivity contribution in [3.63, 3.8) is 0 Å². The van der Waals surface area contributed by atoms with Crippen LogP contribution in [-0.2, 0) is 6.42 Å². The van der Waals surface area contributed by atoms with Crippen LogP contribution in [0, 0.1) is 5.92 Å². The van der Waals surface area contributed by atoms with Crippen LogP contribution in [0.25, 0.3) is 0 Å². The molecule has 1 heterocycles. The molecule has 2 N–H and O–H groups in total. The first-order valence-electron chi connectivity index (χ1n) is 12.1. The number of hydrogen-bond acceptors (Lipinski definition) is 3. The zero-order valence-corrected chi connectivity index (χ0v) is 20.0. The molecular weight excluding hydrogens is 422 g/mol. The summed E-state index contributed by atoms with van der Waals surface area (Å²) in [5, 5.41) is 5.95. The maximum Gasteiger partial charge on any atom is 0.255 e. The molecule has 0 atom stereocenters. The van der Waals surface area contributed by atoms with Gasteiger partial charge in [-0.2, -0.15) is 0 Å². The molecule has 0 unspecified atom stereocenters. The van der Waals surface area contributed by atoms with E-state index in [1.165, 1.54) is 5.56 Å². The average Bonchev–Trinajstić information content (AvgIpc) is 2.85. The Bertz CT molecular complexity index is 1100. The number of benzene rings is 3. The van der Waals surface area contributed by atoms with Gasteiger partial charge in [0.25, 0.3) is 11.8 Å². The molecule has 0 bridgehead atoms. The molecule has 2 amide bonds. The van der Waals surface area contributed by atoms with Crippen LogP contribution in [0.5, 0.6) is 0 Å². The van der Waals surface area contributed by atoms with E-state index in [0.717, 1.165) is 38.0 Å². The Kier molecular flexibility index (Phi) is 7.63. The van der Waals surface area contributed by atoms with E-state index in [1.54, 1.807) is 18.2 Å². The van der Waals surface area contributed by atoms with Gasteiger partial charge in [0, 0.05) is 36.1 Å². The Hall–Kier alpha value is -3.60. The van der Waals surface area contributed by atoms with Gasteiger partial charge in [0.2, 0.25) is 0 Å². The van der Waals surface area contributed by atoms with Crippen molar-refractivity contribution in [1.82, 2.24) is 5.32 Å². The highest BCUT2D eigenvalue weighted by atomic mass is 16.2. The number of amides is 2. The first-order valence-corrected chi connectivity index (χ1v) is 12.1. The topological polar surface area (TPSA) is 61.4 Å². The Morgan fingerprint density at radius 2 is 1.53 bits per heavy atom. The summed E-state index contributed by atoms with van der Waals surface area (Å²) in [5.74, 6) is 0.341. The summed E-state index contributed by atoms with van der Waals surface area (Å²) in [6, 6.07) is 25.4. The van der Waals surface area contributed by atoms with Gasteiger partial charge in [-0.3, -0.25) is 9.59 Å². The number of rotatable bonds is 7. The van der Waals surface area contributed by atoms with E-state index in [0.29, 0.717) is 22.7 Å². The van der Waals surface area contributed by atoms with Gasteiger partial charge in [0.1, 0.15) is 0 Å². The summed E-state index contributed by atoms with van der Waals surface area (Å²) in [6.07, 6.45) is 3.28. The van der Waals surface area contributed by atoms with Crippen molar-refractivity contribution in [3.8, 4) is 0 Å². The van der Waals surface area contributed by atoms with Gasteiger partial charge in [-0.1, -0.05) is 48.5 Å². The van der Waals surface area contributed by atoms with Crippen molar-refractivity contribution >= 4 is 23.2 Å². The monoisotopic (exact) mass is 455 g/mol. The van der Waals surface area contributed by atoms with Gasteiger partial charge in [-0.05, 0) is 74.9 Å². The van der Waals surface area contributed by atoms with Gasteiger partial charge in [-0.15, -0.1) is 0 Å². The molecule has 3 aromatic rings. The minimum atomic E-state index is -0.190. The fraction of sp³-hybridized carbons (Fsp3) is 0.310. The van der Waals surface area contributed by atoms with Crippen LogP contribution in [0.4, 0.5) is 11.4 Å². The first-order chi connectivity index (χ1) is 16.5. The molecule has 1 aliphatic heterocycles. The maximum atomic E-state index is 13.1. The van der Waals surface area contributed by atoms with E-state index >= 15 is 0 Å². The minimum absolute atomic E-state index is 0.0273. The van der Waals surface area contributed by atoms with E-state index in [9.17, 15) is 9.59 Å². The summed E-state index contributed by atoms with van der Waals surface area (Å²) in [7, 11) is 0. The molecule has 0 spiro atoms. The molecule has 1 aliphatic rings. The van der Waals surface area contributed by atoms with Crippen LogP contribution in [-0.4, -0.2) is 30.9 Å². The van der Waals surface area contributed by atoms with Crippen molar-refractivity contribution in [2.24, 2.45) is 5.92 Å². The second-order valence-electron chi connectivity index (χ2n) is 9.30. The number of anilines is 2. The highest BCUT2D eigenvalue weighted by Gasteiger charge is 2.24. The van der Waals surface area contributed by atoms with Crippen LogP contribution >= 0.6 is 0 Å². The van der Waals surface area contributed by atoms with Crippen LogP contribution in [0.2, 0.25) is 0 Å². The quantitative estimate of drug-likeness (QED) is 0.492. The Labute approximate surface area is 202 Å². The molecule has 5 nitrogen and oxygen atoms in total. The van der Waals surface area contributed by atoms with Gasteiger partial charge in [0.05, 0.1) is 5.56 Å². The molecule has 0 aromatic heterocycles. The van der Waals surface area contributed by atoms with Gasteiger partial charge >= 0.3 is 0 Å². The van der Waals surface area contributed by atoms with Crippen molar-refractivity contribution in [2.45, 2.75) is 39.2 Å². The lowest BCUT2D eigenvalue weighted by molar-refractivity contribution is 0.0942. The molecular formula is C29H33N3O2. The average molecular weight is 456 g/mol. The molecule has 176 valence electrons. The lowest BCUT2D eigenvalue weighted by atomic mass is 9.89. The largest absolute Gasteiger partial charge is 0.371 e. The van der Waals surface area contributed by atoms with Crippen molar-refractivity contribution in [3.05, 3.63) is 95.6 Å². The molecule has 0 radical (unpaired) electrons. The van der Waals surface area contributed by atoms with E-state index in [1.807, 2.05) is 44.2 Å². The molecule has 4 rings (SSSR count). The van der Waals surface area contributed by atoms with Crippen LogP contribution in [0.3, 0.4) is 0 Å². The standard InChI is InChI=1S/C29H33N3O2/c1-21(2)30-29(34)26-20-25(31-28(33)24-11-7-4-8-12-24)13-14-27(26)32-17-15-23(16-18-32)19-22-9-5-3-6-10-22/h3-14,20-21,23H,15-19H2,1-2H3,(H,30,34)(H,31,33). The predicted octanol–water partition coefficient (Wildman–Crippen LogP) is 5.54. The highest BCUT2D eigenvalue weighted by Crippen LogP contribution is 2.30. The second-order valence-corrected chi connectivity index (χ2v) is 9.30. The molecule has 3 aromatic carbocycles. The number of nitrogens with one attached hydrogen (secondary N) is 2. The summed E-state index contributed by atoms with van der Waals surface area (Å²) >= 11 is 0. The molecule has 0 aliphatic carbocycles. The highest BCUT2D eigenvalue weighted by molar-refractivity contribution is 6.06. The summed E-state index contributed by atoms with van der Waals surface area (Å²) < 4.78 is 0. The molecule has 34 heavy (non-hydrogen) atoms. The van der Waals surface area contributed by atoms with E-state index in [-0.39, 0.29) is 17.9 Å². The van der Waals surface area contributed by atoms with Crippen molar-refractivity contribution in [1.29, 1.82) is 0 Å². The fourth-order valence-corrected chi connectivity index (χ4v) is 4.53. The zero-order valence-electron chi connectivity index (χ0n) is 20.0. The first kappa shape index (κ1) is 23.6. The molecule has 0 saturated carbocycles. The van der Waals surface area contributed by atoms with Crippen LogP contribution in [0.1, 0.15) is 53.0 Å². The normalized spacial score (nSPS) is 14.1.